The minimum absolute atomic E-state index is 0.536. The lowest BCUT2D eigenvalue weighted by molar-refractivity contribution is -0.188. The number of amides is 1. The summed E-state index contributed by atoms with van der Waals surface area (Å²) in [5.74, 6) is 0. The number of hydrogen-bond acceptors (Lipinski definition) is 7. The molecule has 0 saturated heterocycles. The van der Waals surface area contributed by atoms with Crippen molar-refractivity contribution < 1.29 is 34.7 Å². The van der Waals surface area contributed by atoms with E-state index in [1.165, 1.54) is 6.92 Å². The van der Waals surface area contributed by atoms with Crippen molar-refractivity contribution in [2.24, 2.45) is 0 Å². The van der Waals surface area contributed by atoms with Crippen LogP contribution in [0.15, 0.2) is 0 Å². The Morgan fingerprint density at radius 2 is 1.81 bits per heavy atom. The Kier molecular flexibility index (Phi) is 9.83. The van der Waals surface area contributed by atoms with Gasteiger partial charge in [-0.05, 0) is 6.92 Å². The standard InChI is InChI=1S/C10H18Cl3NO7/c1-5(17)7(3-16)21-8(18)6(2-15)14-9(19)20-4-10(11,12)13/h5-8,15-18H,2-4H2,1H3,(H,14,19)/t5-,6-,7?,8-/m0/s1. The zero-order valence-electron chi connectivity index (χ0n) is 11.1. The molecule has 4 atom stereocenters. The highest BCUT2D eigenvalue weighted by atomic mass is 35.6. The zero-order valence-corrected chi connectivity index (χ0v) is 13.3. The summed E-state index contributed by atoms with van der Waals surface area (Å²) in [5, 5.41) is 39.0. The summed E-state index contributed by atoms with van der Waals surface area (Å²) in [6.07, 6.45) is -4.91. The van der Waals surface area contributed by atoms with Crippen LogP contribution >= 0.6 is 34.8 Å². The van der Waals surface area contributed by atoms with Gasteiger partial charge in [-0.1, -0.05) is 34.8 Å². The molecule has 0 aliphatic carbocycles. The summed E-state index contributed by atoms with van der Waals surface area (Å²) in [6, 6.07) is -1.26. The lowest BCUT2D eigenvalue weighted by atomic mass is 10.2. The first-order valence-electron chi connectivity index (χ1n) is 5.84. The number of nitrogens with one attached hydrogen (secondary N) is 1. The normalized spacial score (nSPS) is 17.7. The van der Waals surface area contributed by atoms with Gasteiger partial charge in [0.25, 0.3) is 0 Å². The summed E-state index contributed by atoms with van der Waals surface area (Å²) >= 11 is 16.1. The molecule has 0 saturated carbocycles. The number of halogens is 3. The molecule has 0 aliphatic rings. The third-order valence-corrected chi connectivity index (χ3v) is 2.57. The molecule has 11 heteroatoms. The predicted octanol–water partition coefficient (Wildman–Crippen LogP) is -0.480. The molecule has 5 N–H and O–H groups in total. The number of ether oxygens (including phenoxy) is 2. The van der Waals surface area contributed by atoms with Crippen LogP contribution in [0.4, 0.5) is 4.79 Å². The molecular weight excluding hydrogens is 352 g/mol. The third-order valence-electron chi connectivity index (χ3n) is 2.24. The van der Waals surface area contributed by atoms with E-state index in [-0.39, 0.29) is 0 Å². The van der Waals surface area contributed by atoms with Crippen molar-refractivity contribution in [1.29, 1.82) is 0 Å². The maximum absolute atomic E-state index is 11.4. The summed E-state index contributed by atoms with van der Waals surface area (Å²) < 4.78 is 7.66. The Bertz CT molecular complexity index is 314. The molecule has 0 heterocycles. The maximum atomic E-state index is 11.4. The van der Waals surface area contributed by atoms with E-state index in [2.05, 4.69) is 10.1 Å². The Hall–Kier alpha value is -0.0600. The van der Waals surface area contributed by atoms with Crippen LogP contribution in [0.5, 0.6) is 0 Å². The van der Waals surface area contributed by atoms with Crippen LogP contribution in [-0.2, 0) is 9.47 Å². The van der Waals surface area contributed by atoms with Crippen LogP contribution in [0.3, 0.4) is 0 Å². The fraction of sp³-hybridized carbons (Fsp3) is 0.900. The minimum atomic E-state index is -1.80. The van der Waals surface area contributed by atoms with Gasteiger partial charge in [0, 0.05) is 0 Å². The first kappa shape index (κ1) is 20.9. The fourth-order valence-electron chi connectivity index (χ4n) is 1.13. The van der Waals surface area contributed by atoms with Crippen LogP contribution in [0.1, 0.15) is 6.92 Å². The molecule has 126 valence electrons. The lowest BCUT2D eigenvalue weighted by Gasteiger charge is -2.27. The number of hydrogen-bond donors (Lipinski definition) is 5. The second-order valence-corrected chi connectivity index (χ2v) is 6.63. The largest absolute Gasteiger partial charge is 0.445 e. The SMILES string of the molecule is C[C@H](O)C(CO)O[C@H](O)[C@H](CO)NC(=O)OCC(Cl)(Cl)Cl. The van der Waals surface area contributed by atoms with E-state index in [9.17, 15) is 15.0 Å². The van der Waals surface area contributed by atoms with E-state index in [0.717, 1.165) is 0 Å². The lowest BCUT2D eigenvalue weighted by Crippen LogP contribution is -2.50. The Balaban J connectivity index is 4.39. The molecule has 1 amide bonds. The minimum Gasteiger partial charge on any atom is -0.445 e. The van der Waals surface area contributed by atoms with Crippen molar-refractivity contribution >= 4 is 40.9 Å². The van der Waals surface area contributed by atoms with Gasteiger partial charge in [-0.25, -0.2) is 4.79 Å². The van der Waals surface area contributed by atoms with E-state index in [4.69, 9.17) is 49.8 Å². The maximum Gasteiger partial charge on any atom is 0.407 e. The second kappa shape index (κ2) is 9.86. The monoisotopic (exact) mass is 369 g/mol. The highest BCUT2D eigenvalue weighted by Crippen LogP contribution is 2.25. The molecule has 0 radical (unpaired) electrons. The van der Waals surface area contributed by atoms with Crippen molar-refractivity contribution in [3.63, 3.8) is 0 Å². The molecule has 8 nitrogen and oxygen atoms in total. The molecule has 21 heavy (non-hydrogen) atoms. The average molecular weight is 371 g/mol. The van der Waals surface area contributed by atoms with Crippen molar-refractivity contribution in [3.8, 4) is 0 Å². The second-order valence-electron chi connectivity index (χ2n) is 4.11. The molecule has 0 aromatic heterocycles. The molecule has 0 aromatic rings. The van der Waals surface area contributed by atoms with E-state index in [1.807, 2.05) is 0 Å². The van der Waals surface area contributed by atoms with Gasteiger partial charge in [-0.15, -0.1) is 0 Å². The first-order chi connectivity index (χ1) is 9.60. The van der Waals surface area contributed by atoms with Crippen molar-refractivity contribution in [3.05, 3.63) is 0 Å². The number of alkyl halides is 3. The highest BCUT2D eigenvalue weighted by Gasteiger charge is 2.28. The number of carbonyl (C=O) groups is 1. The number of carbonyl (C=O) groups excluding carboxylic acids is 1. The van der Waals surface area contributed by atoms with Crippen LogP contribution in [0.2, 0.25) is 0 Å². The van der Waals surface area contributed by atoms with E-state index in [0.29, 0.717) is 0 Å². The summed E-state index contributed by atoms with van der Waals surface area (Å²) in [6.45, 7) is -0.456. The number of aliphatic hydroxyl groups excluding tert-OH is 4. The molecule has 0 fully saturated rings. The number of rotatable bonds is 8. The van der Waals surface area contributed by atoms with Crippen LogP contribution in [0, 0.1) is 0 Å². The average Bonchev–Trinajstić information content (AvgIpc) is 2.38. The Morgan fingerprint density at radius 1 is 1.24 bits per heavy atom. The molecule has 1 unspecified atom stereocenters. The van der Waals surface area contributed by atoms with Gasteiger partial charge in [-0.3, -0.25) is 0 Å². The van der Waals surface area contributed by atoms with Gasteiger partial charge in [0.2, 0.25) is 3.79 Å². The summed E-state index contributed by atoms with van der Waals surface area (Å²) in [4.78, 5) is 11.4. The number of aliphatic hydroxyl groups is 4. The summed E-state index contributed by atoms with van der Waals surface area (Å²) in [5.41, 5.74) is 0. The van der Waals surface area contributed by atoms with Gasteiger partial charge < -0.3 is 35.2 Å². The van der Waals surface area contributed by atoms with Crippen molar-refractivity contribution in [2.75, 3.05) is 19.8 Å². The fourth-order valence-corrected chi connectivity index (χ4v) is 1.29. The summed E-state index contributed by atoms with van der Waals surface area (Å²) in [7, 11) is 0. The molecule has 0 bridgehead atoms. The van der Waals surface area contributed by atoms with Gasteiger partial charge in [0.05, 0.1) is 19.3 Å². The van der Waals surface area contributed by atoms with E-state index < -0.39 is 54.2 Å². The van der Waals surface area contributed by atoms with Gasteiger partial charge in [-0.2, -0.15) is 0 Å². The Labute approximate surface area is 136 Å². The van der Waals surface area contributed by atoms with E-state index >= 15 is 0 Å². The highest BCUT2D eigenvalue weighted by molar-refractivity contribution is 6.67. The first-order valence-corrected chi connectivity index (χ1v) is 6.97. The molecule has 0 spiro atoms. The van der Waals surface area contributed by atoms with Gasteiger partial charge in [0.15, 0.2) is 6.29 Å². The smallest absolute Gasteiger partial charge is 0.407 e. The third kappa shape index (κ3) is 9.54. The molecule has 0 aromatic carbocycles. The van der Waals surface area contributed by atoms with Crippen LogP contribution < -0.4 is 5.32 Å². The quantitative estimate of drug-likeness (QED) is 0.288. The molecular formula is C10H18Cl3NO7. The van der Waals surface area contributed by atoms with Gasteiger partial charge in [0.1, 0.15) is 18.8 Å². The zero-order chi connectivity index (χ0) is 16.6. The molecule has 0 rings (SSSR count). The number of alkyl carbamates (subject to hydrolysis) is 1. The van der Waals surface area contributed by atoms with Crippen LogP contribution in [0.25, 0.3) is 0 Å². The van der Waals surface area contributed by atoms with Gasteiger partial charge >= 0.3 is 6.09 Å². The Morgan fingerprint density at radius 3 is 2.19 bits per heavy atom. The van der Waals surface area contributed by atoms with Crippen molar-refractivity contribution in [2.45, 2.75) is 35.3 Å². The van der Waals surface area contributed by atoms with E-state index in [1.54, 1.807) is 0 Å². The van der Waals surface area contributed by atoms with Crippen LogP contribution in [-0.4, -0.2) is 74.7 Å². The van der Waals surface area contributed by atoms with Crippen molar-refractivity contribution in [1.82, 2.24) is 5.32 Å². The predicted molar refractivity (Wildman–Crippen MR) is 75.3 cm³/mol. The topological polar surface area (TPSA) is 128 Å². The molecule has 0 aliphatic heterocycles.